The fourth-order valence-electron chi connectivity index (χ4n) is 2.99. The van der Waals surface area contributed by atoms with Crippen LogP contribution in [0.2, 0.25) is 5.02 Å². The summed E-state index contributed by atoms with van der Waals surface area (Å²) in [6, 6.07) is 16.8. The van der Waals surface area contributed by atoms with Crippen molar-refractivity contribution in [3.05, 3.63) is 71.5 Å². The first-order valence-electron chi connectivity index (χ1n) is 9.21. The van der Waals surface area contributed by atoms with Gasteiger partial charge in [-0.2, -0.15) is 0 Å². The van der Waals surface area contributed by atoms with E-state index in [1.807, 2.05) is 42.5 Å². The van der Waals surface area contributed by atoms with Crippen LogP contribution in [-0.2, 0) is 9.59 Å². The van der Waals surface area contributed by atoms with Crippen molar-refractivity contribution in [1.29, 1.82) is 0 Å². The smallest absolute Gasteiger partial charge is 0.282 e. The van der Waals surface area contributed by atoms with Gasteiger partial charge in [-0.05, 0) is 36.6 Å². The zero-order chi connectivity index (χ0) is 21.0. The third-order valence-corrected chi connectivity index (χ3v) is 5.14. The largest absolute Gasteiger partial charge is 0.321 e. The summed E-state index contributed by atoms with van der Waals surface area (Å²) in [5.41, 5.74) is 1.06. The number of carbonyl (C=O) groups is 2. The number of likely N-dealkylation sites (N-methyl/N-ethyl adjacent to an activating group) is 1. The number of benzene rings is 3. The highest BCUT2D eigenvalue weighted by Gasteiger charge is 2.24. The van der Waals surface area contributed by atoms with Crippen molar-refractivity contribution in [2.75, 3.05) is 24.2 Å². The lowest BCUT2D eigenvalue weighted by Gasteiger charge is -2.21. The highest BCUT2D eigenvalue weighted by atomic mass is 35.5. The molecule has 0 spiro atoms. The average molecular weight is 415 g/mol. The Morgan fingerprint density at radius 2 is 1.76 bits per heavy atom. The van der Waals surface area contributed by atoms with Gasteiger partial charge in [0.25, 0.3) is 11.8 Å². The Bertz CT molecular complexity index is 1050. The van der Waals surface area contributed by atoms with Crippen LogP contribution in [0.5, 0.6) is 0 Å². The molecule has 0 aliphatic rings. The lowest BCUT2D eigenvalue weighted by Crippen LogP contribution is -3.14. The van der Waals surface area contributed by atoms with Gasteiger partial charge < -0.3 is 15.5 Å². The van der Waals surface area contributed by atoms with Crippen LogP contribution >= 0.6 is 11.6 Å². The third kappa shape index (κ3) is 5.10. The highest BCUT2D eigenvalue weighted by Crippen LogP contribution is 2.23. The summed E-state index contributed by atoms with van der Waals surface area (Å²) in [7, 11) is 1.76. The molecule has 3 rings (SSSR count). The van der Waals surface area contributed by atoms with Crippen LogP contribution in [0.15, 0.2) is 60.7 Å². The molecule has 0 aliphatic heterocycles. The van der Waals surface area contributed by atoms with E-state index < -0.39 is 11.9 Å². The first-order valence-corrected chi connectivity index (χ1v) is 9.59. The molecule has 0 saturated heterocycles. The van der Waals surface area contributed by atoms with Crippen LogP contribution in [0, 0.1) is 5.82 Å². The molecule has 150 valence electrons. The van der Waals surface area contributed by atoms with Crippen molar-refractivity contribution in [2.24, 2.45) is 0 Å². The number of halogens is 2. The van der Waals surface area contributed by atoms with Gasteiger partial charge in [0.15, 0.2) is 12.6 Å². The third-order valence-electron chi connectivity index (χ3n) is 4.82. The van der Waals surface area contributed by atoms with Crippen LogP contribution in [0.25, 0.3) is 10.8 Å². The summed E-state index contributed by atoms with van der Waals surface area (Å²) >= 11 is 5.95. The Balaban J connectivity index is 1.61. The van der Waals surface area contributed by atoms with Crippen LogP contribution in [0.3, 0.4) is 0 Å². The van der Waals surface area contributed by atoms with Gasteiger partial charge in [-0.3, -0.25) is 9.59 Å². The zero-order valence-corrected chi connectivity index (χ0v) is 16.9. The van der Waals surface area contributed by atoms with Crippen LogP contribution in [0.1, 0.15) is 6.92 Å². The standard InChI is InChI=1S/C22H21ClFN3O2/c1-14(22(29)26-20-11-10-16(24)12-18(20)23)27(2)13-21(28)25-19-9-5-7-15-6-3-4-8-17(15)19/h3-12,14H,13H2,1-2H3,(H,25,28)(H,26,29)/p+1/t14-/m0/s1. The Labute approximate surface area is 173 Å². The second-order valence-electron chi connectivity index (χ2n) is 6.93. The molecule has 2 atom stereocenters. The molecule has 5 nitrogen and oxygen atoms in total. The van der Waals surface area contributed by atoms with Crippen LogP contribution < -0.4 is 15.5 Å². The molecule has 0 saturated carbocycles. The normalized spacial score (nSPS) is 13.0. The lowest BCUT2D eigenvalue weighted by atomic mass is 10.1. The number of quaternary nitrogens is 1. The van der Waals surface area contributed by atoms with Gasteiger partial charge in [-0.15, -0.1) is 0 Å². The molecule has 0 aliphatic carbocycles. The summed E-state index contributed by atoms with van der Waals surface area (Å²) in [6.07, 6.45) is 0. The van der Waals surface area contributed by atoms with Crippen molar-refractivity contribution >= 4 is 45.6 Å². The van der Waals surface area contributed by atoms with Gasteiger partial charge in [0.1, 0.15) is 5.82 Å². The first kappa shape index (κ1) is 20.8. The second-order valence-corrected chi connectivity index (χ2v) is 7.34. The fraction of sp³-hybridized carbons (Fsp3) is 0.182. The number of rotatable bonds is 6. The molecule has 3 aromatic carbocycles. The minimum absolute atomic E-state index is 0.106. The maximum atomic E-state index is 13.1. The Morgan fingerprint density at radius 1 is 1.03 bits per heavy atom. The summed E-state index contributed by atoms with van der Waals surface area (Å²) in [5.74, 6) is -0.985. The van der Waals surface area contributed by atoms with Gasteiger partial charge in [-0.25, -0.2) is 4.39 Å². The molecular formula is C22H22ClFN3O2+. The molecule has 0 radical (unpaired) electrons. The predicted octanol–water partition coefficient (Wildman–Crippen LogP) is 3.11. The van der Waals surface area contributed by atoms with Crippen LogP contribution in [-0.4, -0.2) is 31.4 Å². The Kier molecular flexibility index (Phi) is 6.46. The summed E-state index contributed by atoms with van der Waals surface area (Å²) in [4.78, 5) is 25.7. The molecule has 2 amide bonds. The number of nitrogens with one attached hydrogen (secondary N) is 3. The molecule has 1 unspecified atom stereocenters. The molecule has 3 N–H and O–H groups in total. The number of hydrogen-bond donors (Lipinski definition) is 3. The van der Waals surface area contributed by atoms with Crippen molar-refractivity contribution < 1.29 is 18.9 Å². The van der Waals surface area contributed by atoms with E-state index in [0.29, 0.717) is 10.6 Å². The summed E-state index contributed by atoms with van der Waals surface area (Å²) < 4.78 is 13.1. The van der Waals surface area contributed by atoms with Crippen molar-refractivity contribution in [2.45, 2.75) is 13.0 Å². The van der Waals surface area contributed by atoms with E-state index in [4.69, 9.17) is 11.6 Å². The molecule has 0 heterocycles. The van der Waals surface area contributed by atoms with E-state index in [-0.39, 0.29) is 23.4 Å². The van der Waals surface area contributed by atoms with Crippen LogP contribution in [0.4, 0.5) is 15.8 Å². The molecule has 7 heteroatoms. The van der Waals surface area contributed by atoms with E-state index in [9.17, 15) is 14.0 Å². The molecular weight excluding hydrogens is 393 g/mol. The van der Waals surface area contributed by atoms with E-state index >= 15 is 0 Å². The summed E-state index contributed by atoms with van der Waals surface area (Å²) in [6.45, 7) is 1.82. The predicted molar refractivity (Wildman–Crippen MR) is 114 cm³/mol. The second kappa shape index (κ2) is 9.03. The topological polar surface area (TPSA) is 62.6 Å². The van der Waals surface area contributed by atoms with E-state index in [1.165, 1.54) is 12.1 Å². The number of fused-ring (bicyclic) bond motifs is 1. The van der Waals surface area contributed by atoms with Gasteiger partial charge in [0.2, 0.25) is 0 Å². The summed E-state index contributed by atoms with van der Waals surface area (Å²) in [5, 5.41) is 7.71. The van der Waals surface area contributed by atoms with Crippen molar-refractivity contribution in [1.82, 2.24) is 0 Å². The van der Waals surface area contributed by atoms with Gasteiger partial charge >= 0.3 is 0 Å². The number of anilines is 2. The monoisotopic (exact) mass is 414 g/mol. The zero-order valence-electron chi connectivity index (χ0n) is 16.1. The quantitative estimate of drug-likeness (QED) is 0.580. The Hall–Kier alpha value is -2.96. The van der Waals surface area contributed by atoms with Gasteiger partial charge in [0.05, 0.1) is 17.8 Å². The van der Waals surface area contributed by atoms with E-state index in [2.05, 4.69) is 10.6 Å². The number of hydrogen-bond acceptors (Lipinski definition) is 2. The number of amides is 2. The lowest BCUT2D eigenvalue weighted by molar-refractivity contribution is -0.885. The first-order chi connectivity index (χ1) is 13.8. The molecule has 0 fully saturated rings. The molecule has 0 aromatic heterocycles. The maximum Gasteiger partial charge on any atom is 0.282 e. The molecule has 3 aromatic rings. The molecule has 0 bridgehead atoms. The maximum absolute atomic E-state index is 13.1. The van der Waals surface area contributed by atoms with Crippen molar-refractivity contribution in [3.63, 3.8) is 0 Å². The average Bonchev–Trinajstić information content (AvgIpc) is 2.69. The van der Waals surface area contributed by atoms with E-state index in [1.54, 1.807) is 14.0 Å². The fourth-order valence-corrected chi connectivity index (χ4v) is 3.21. The van der Waals surface area contributed by atoms with E-state index in [0.717, 1.165) is 22.5 Å². The number of carbonyl (C=O) groups excluding carboxylic acids is 2. The highest BCUT2D eigenvalue weighted by molar-refractivity contribution is 6.33. The SMILES string of the molecule is C[C@@H](C(=O)Nc1ccc(F)cc1Cl)[NH+](C)CC(=O)Nc1cccc2ccccc12. The minimum atomic E-state index is -0.519. The van der Waals surface area contributed by atoms with Gasteiger partial charge in [-0.1, -0.05) is 48.0 Å². The van der Waals surface area contributed by atoms with Gasteiger partial charge in [0, 0.05) is 11.1 Å². The van der Waals surface area contributed by atoms with Crippen molar-refractivity contribution in [3.8, 4) is 0 Å². The minimum Gasteiger partial charge on any atom is -0.321 e. The Morgan fingerprint density at radius 3 is 2.52 bits per heavy atom. The molecule has 29 heavy (non-hydrogen) atoms.